The molecule has 3 aromatic rings. The van der Waals surface area contributed by atoms with Gasteiger partial charge in [-0.2, -0.15) is 0 Å². The number of hydrogen-bond donors (Lipinski definition) is 1. The number of aliphatic imine (C=N–C) groups is 1. The van der Waals surface area contributed by atoms with E-state index in [0.717, 1.165) is 26.0 Å². The fourth-order valence-electron chi connectivity index (χ4n) is 2.68. The van der Waals surface area contributed by atoms with Crippen molar-refractivity contribution >= 4 is 45.8 Å². The van der Waals surface area contributed by atoms with Crippen molar-refractivity contribution in [2.45, 2.75) is 6.54 Å². The topological polar surface area (TPSA) is 54.4 Å². The lowest BCUT2D eigenvalue weighted by atomic mass is 10.0. The van der Waals surface area contributed by atoms with Crippen LogP contribution in [-0.4, -0.2) is 23.7 Å². The van der Waals surface area contributed by atoms with Crippen molar-refractivity contribution in [2.24, 2.45) is 4.99 Å². The lowest BCUT2D eigenvalue weighted by Crippen LogP contribution is -2.24. The Balaban J connectivity index is 1.83. The maximum Gasteiger partial charge on any atom is 0.252 e. The highest BCUT2D eigenvalue weighted by Crippen LogP contribution is 2.21. The van der Waals surface area contributed by atoms with Crippen LogP contribution in [0.1, 0.15) is 27.0 Å². The molecule has 0 aliphatic rings. The number of nitrogens with zero attached hydrogens (tertiary/aromatic N) is 2. The summed E-state index contributed by atoms with van der Waals surface area (Å²) in [7, 11) is 1.75. The van der Waals surface area contributed by atoms with E-state index < -0.39 is 0 Å². The van der Waals surface area contributed by atoms with Crippen LogP contribution < -0.4 is 5.32 Å². The molecular weight excluding hydrogens is 473 g/mol. The number of halogens is 2. The molecule has 2 aromatic carbocycles. The van der Waals surface area contributed by atoms with Gasteiger partial charge in [-0.1, -0.05) is 35.9 Å². The molecule has 0 saturated heterocycles. The molecule has 1 N–H and O–H groups in total. The van der Waals surface area contributed by atoms with E-state index >= 15 is 0 Å². The highest BCUT2D eigenvalue weighted by atomic mass is 127. The molecule has 1 heterocycles. The Hall–Kier alpha value is -2.25. The molecule has 6 heteroatoms. The van der Waals surface area contributed by atoms with Crippen molar-refractivity contribution in [2.75, 3.05) is 7.05 Å². The molecule has 27 heavy (non-hydrogen) atoms. The smallest absolute Gasteiger partial charge is 0.252 e. The van der Waals surface area contributed by atoms with E-state index in [2.05, 4.69) is 37.9 Å². The Labute approximate surface area is 176 Å². The summed E-state index contributed by atoms with van der Waals surface area (Å²) in [4.78, 5) is 21.2. The molecule has 0 fully saturated rings. The summed E-state index contributed by atoms with van der Waals surface area (Å²) < 4.78 is 0.862. The summed E-state index contributed by atoms with van der Waals surface area (Å²) in [5.74, 6) is -0.124. The van der Waals surface area contributed by atoms with E-state index in [4.69, 9.17) is 11.6 Å². The molecular formula is C21H17ClIN3O. The quantitative estimate of drug-likeness (QED) is 0.416. The zero-order valence-corrected chi connectivity index (χ0v) is 17.5. The van der Waals surface area contributed by atoms with Gasteiger partial charge in [0.25, 0.3) is 5.91 Å². The zero-order chi connectivity index (χ0) is 19.2. The Morgan fingerprint density at radius 1 is 1.07 bits per heavy atom. The van der Waals surface area contributed by atoms with Crippen LogP contribution in [0.2, 0.25) is 5.02 Å². The number of rotatable bonds is 5. The van der Waals surface area contributed by atoms with E-state index in [1.807, 2.05) is 54.6 Å². The van der Waals surface area contributed by atoms with Crippen LogP contribution in [0, 0.1) is 3.57 Å². The molecule has 0 aliphatic carbocycles. The van der Waals surface area contributed by atoms with Crippen molar-refractivity contribution in [3.63, 3.8) is 0 Å². The van der Waals surface area contributed by atoms with Crippen LogP contribution in [0.3, 0.4) is 0 Å². The number of amides is 1. The average molecular weight is 490 g/mol. The number of aromatic nitrogens is 1. The third kappa shape index (κ3) is 4.73. The van der Waals surface area contributed by atoms with Crippen LogP contribution in [0.4, 0.5) is 0 Å². The van der Waals surface area contributed by atoms with Gasteiger partial charge >= 0.3 is 0 Å². The van der Waals surface area contributed by atoms with Gasteiger partial charge in [0.15, 0.2) is 0 Å². The van der Waals surface area contributed by atoms with Gasteiger partial charge in [0, 0.05) is 45.7 Å². The third-order valence-electron chi connectivity index (χ3n) is 4.04. The molecule has 1 amide bonds. The first-order chi connectivity index (χ1) is 13.1. The minimum atomic E-state index is -0.124. The fraction of sp³-hybridized carbons (Fsp3) is 0.0952. The van der Waals surface area contributed by atoms with Crippen LogP contribution >= 0.6 is 34.2 Å². The predicted octanol–water partition coefficient (Wildman–Crippen LogP) is 4.74. The minimum absolute atomic E-state index is 0.124. The van der Waals surface area contributed by atoms with Gasteiger partial charge in [-0.3, -0.25) is 14.8 Å². The highest BCUT2D eigenvalue weighted by Gasteiger charge is 2.16. The van der Waals surface area contributed by atoms with Gasteiger partial charge in [0.1, 0.15) is 0 Å². The summed E-state index contributed by atoms with van der Waals surface area (Å²) in [6.45, 7) is 0.440. The first-order valence-electron chi connectivity index (χ1n) is 8.29. The Morgan fingerprint density at radius 2 is 1.74 bits per heavy atom. The van der Waals surface area contributed by atoms with Gasteiger partial charge in [0.2, 0.25) is 0 Å². The number of carbonyl (C=O) groups excluding carboxylic acids is 1. The Bertz CT molecular complexity index is 972. The van der Waals surface area contributed by atoms with Crippen LogP contribution in [0.25, 0.3) is 0 Å². The third-order valence-corrected chi connectivity index (χ3v) is 5.46. The summed E-state index contributed by atoms with van der Waals surface area (Å²) in [6.07, 6.45) is 3.46. The Morgan fingerprint density at radius 3 is 2.41 bits per heavy atom. The fourth-order valence-corrected chi connectivity index (χ4v) is 3.67. The molecule has 0 radical (unpaired) electrons. The summed E-state index contributed by atoms with van der Waals surface area (Å²) in [6, 6.07) is 16.9. The second-order valence-corrected chi connectivity index (χ2v) is 7.30. The summed E-state index contributed by atoms with van der Waals surface area (Å²) >= 11 is 8.10. The molecule has 0 bridgehead atoms. The first kappa shape index (κ1) is 19.5. The first-order valence-corrected chi connectivity index (χ1v) is 9.74. The molecule has 1 aromatic heterocycles. The van der Waals surface area contributed by atoms with Gasteiger partial charge < -0.3 is 5.32 Å². The van der Waals surface area contributed by atoms with Crippen LogP contribution in [0.5, 0.6) is 0 Å². The molecule has 136 valence electrons. The average Bonchev–Trinajstić information content (AvgIpc) is 2.70. The lowest BCUT2D eigenvalue weighted by molar-refractivity contribution is 0.0950. The van der Waals surface area contributed by atoms with E-state index in [0.29, 0.717) is 17.1 Å². The standard InChI is InChI=1S/C21H17ClIN3O/c1-24-20(15-9-11-25-12-10-15)17-3-2-4-18(19(17)23)21(27)26-13-14-5-7-16(22)8-6-14/h2-12H,13H2,1H3,(H,26,27)/b24-20-. The van der Waals surface area contributed by atoms with Gasteiger partial charge in [-0.15, -0.1) is 0 Å². The number of carbonyl (C=O) groups is 1. The second-order valence-electron chi connectivity index (χ2n) is 5.78. The van der Waals surface area contributed by atoms with Gasteiger partial charge in [-0.05, 0) is 58.5 Å². The monoisotopic (exact) mass is 489 g/mol. The molecule has 0 aliphatic heterocycles. The Kier molecular flexibility index (Phi) is 6.58. The zero-order valence-electron chi connectivity index (χ0n) is 14.6. The SMILES string of the molecule is C/N=C(/c1ccncc1)c1cccc(C(=O)NCc2ccc(Cl)cc2)c1I. The van der Waals surface area contributed by atoms with E-state index in [-0.39, 0.29) is 5.91 Å². The van der Waals surface area contributed by atoms with Crippen LogP contribution in [-0.2, 0) is 6.54 Å². The highest BCUT2D eigenvalue weighted by molar-refractivity contribution is 14.1. The van der Waals surface area contributed by atoms with Crippen molar-refractivity contribution < 1.29 is 4.79 Å². The molecule has 0 unspecified atom stereocenters. The van der Waals surface area contributed by atoms with Crippen molar-refractivity contribution in [1.82, 2.24) is 10.3 Å². The van der Waals surface area contributed by atoms with E-state index in [1.54, 1.807) is 19.4 Å². The maximum absolute atomic E-state index is 12.7. The van der Waals surface area contributed by atoms with Crippen molar-refractivity contribution in [3.05, 3.63) is 97.8 Å². The number of benzene rings is 2. The van der Waals surface area contributed by atoms with Crippen molar-refractivity contribution in [1.29, 1.82) is 0 Å². The van der Waals surface area contributed by atoms with Gasteiger partial charge in [-0.25, -0.2) is 0 Å². The van der Waals surface area contributed by atoms with Crippen molar-refractivity contribution in [3.8, 4) is 0 Å². The largest absolute Gasteiger partial charge is 0.348 e. The normalized spacial score (nSPS) is 11.3. The summed E-state index contributed by atoms with van der Waals surface area (Å²) in [5.41, 5.74) is 4.32. The second kappa shape index (κ2) is 9.10. The molecule has 3 rings (SSSR count). The van der Waals surface area contributed by atoms with Crippen LogP contribution in [0.15, 0.2) is 72.0 Å². The molecule has 0 spiro atoms. The number of pyridine rings is 1. The number of nitrogens with one attached hydrogen (secondary N) is 1. The molecule has 0 saturated carbocycles. The summed E-state index contributed by atoms with van der Waals surface area (Å²) in [5, 5.41) is 3.64. The molecule has 0 atom stereocenters. The maximum atomic E-state index is 12.7. The van der Waals surface area contributed by atoms with Gasteiger partial charge in [0.05, 0.1) is 11.3 Å². The molecule has 4 nitrogen and oxygen atoms in total. The van der Waals surface area contributed by atoms with E-state index in [1.165, 1.54) is 0 Å². The van der Waals surface area contributed by atoms with E-state index in [9.17, 15) is 4.79 Å². The number of hydrogen-bond acceptors (Lipinski definition) is 3. The predicted molar refractivity (Wildman–Crippen MR) is 118 cm³/mol. The minimum Gasteiger partial charge on any atom is -0.348 e. The lowest BCUT2D eigenvalue weighted by Gasteiger charge is -2.13.